The minimum absolute atomic E-state index is 0.228. The van der Waals surface area contributed by atoms with Gasteiger partial charge in [0.05, 0.1) is 0 Å². The summed E-state index contributed by atoms with van der Waals surface area (Å²) < 4.78 is 5.01. The van der Waals surface area contributed by atoms with Crippen LogP contribution in [0.4, 0.5) is 10.5 Å². The van der Waals surface area contributed by atoms with Gasteiger partial charge in [-0.05, 0) is 32.9 Å². The van der Waals surface area contributed by atoms with Gasteiger partial charge >= 0.3 is 6.09 Å². The largest absolute Gasteiger partial charge is 0.492 e. The van der Waals surface area contributed by atoms with Gasteiger partial charge in [-0.2, -0.15) is 0 Å². The molecule has 82 valence electrons. The smallest absolute Gasteiger partial charge is 0.412 e. The van der Waals surface area contributed by atoms with Gasteiger partial charge < -0.3 is 9.84 Å². The zero-order chi connectivity index (χ0) is 11.5. The Labute approximate surface area is 88.1 Å². The average molecular weight is 210 g/mol. The van der Waals surface area contributed by atoms with E-state index in [1.807, 2.05) is 0 Å². The number of hydrogen-bond donors (Lipinski definition) is 2. The molecule has 0 radical (unpaired) electrons. The molecule has 15 heavy (non-hydrogen) atoms. The van der Waals surface area contributed by atoms with E-state index in [1.165, 1.54) is 12.3 Å². The second-order valence-electron chi connectivity index (χ2n) is 4.00. The van der Waals surface area contributed by atoms with E-state index in [1.54, 1.807) is 26.8 Å². The van der Waals surface area contributed by atoms with Gasteiger partial charge in [-0.1, -0.05) is 0 Å². The maximum Gasteiger partial charge on any atom is 0.412 e. The van der Waals surface area contributed by atoms with Crippen molar-refractivity contribution in [3.63, 3.8) is 0 Å². The normalized spacial score (nSPS) is 10.9. The summed E-state index contributed by atoms with van der Waals surface area (Å²) in [7, 11) is 0. The van der Waals surface area contributed by atoms with Crippen LogP contribution in [-0.2, 0) is 4.74 Å². The first-order chi connectivity index (χ1) is 6.88. The van der Waals surface area contributed by atoms with Gasteiger partial charge in [0.25, 0.3) is 0 Å². The van der Waals surface area contributed by atoms with Crippen molar-refractivity contribution in [3.8, 4) is 5.88 Å². The molecule has 0 aliphatic heterocycles. The second kappa shape index (κ2) is 4.16. The number of aromatic nitrogens is 1. The van der Waals surface area contributed by atoms with E-state index < -0.39 is 11.7 Å². The van der Waals surface area contributed by atoms with Crippen LogP contribution in [0.15, 0.2) is 18.3 Å². The first-order valence-corrected chi connectivity index (χ1v) is 4.52. The van der Waals surface area contributed by atoms with Crippen molar-refractivity contribution >= 4 is 11.8 Å². The SMILES string of the molecule is CC(C)(C)OC(=O)Nc1cccnc1O. The quantitative estimate of drug-likeness (QED) is 0.744. The highest BCUT2D eigenvalue weighted by molar-refractivity contribution is 5.86. The van der Waals surface area contributed by atoms with Crippen LogP contribution in [0.3, 0.4) is 0 Å². The summed E-state index contributed by atoms with van der Waals surface area (Å²) in [6, 6.07) is 3.14. The van der Waals surface area contributed by atoms with Gasteiger partial charge in [0, 0.05) is 6.20 Å². The number of rotatable bonds is 1. The van der Waals surface area contributed by atoms with Gasteiger partial charge in [-0.15, -0.1) is 0 Å². The number of ether oxygens (including phenoxy) is 1. The van der Waals surface area contributed by atoms with E-state index in [0.717, 1.165) is 0 Å². The fraction of sp³-hybridized carbons (Fsp3) is 0.400. The molecule has 0 aliphatic carbocycles. The molecule has 2 N–H and O–H groups in total. The fourth-order valence-electron chi connectivity index (χ4n) is 0.908. The van der Waals surface area contributed by atoms with Gasteiger partial charge in [0.1, 0.15) is 11.3 Å². The topological polar surface area (TPSA) is 71.5 Å². The van der Waals surface area contributed by atoms with Crippen LogP contribution in [0, 0.1) is 0 Å². The van der Waals surface area contributed by atoms with Crippen LogP contribution in [0.25, 0.3) is 0 Å². The molecule has 0 aromatic carbocycles. The van der Waals surface area contributed by atoms with Crippen LogP contribution in [0.5, 0.6) is 5.88 Å². The molecule has 0 saturated carbocycles. The molecule has 1 amide bonds. The molecule has 0 fully saturated rings. The highest BCUT2D eigenvalue weighted by Gasteiger charge is 2.17. The molecule has 1 aromatic heterocycles. The minimum atomic E-state index is -0.620. The number of hydrogen-bond acceptors (Lipinski definition) is 4. The van der Waals surface area contributed by atoms with Crippen molar-refractivity contribution in [2.75, 3.05) is 5.32 Å². The Hall–Kier alpha value is -1.78. The number of anilines is 1. The average Bonchev–Trinajstić information content (AvgIpc) is 2.05. The molecule has 0 unspecified atom stereocenters. The maximum atomic E-state index is 11.3. The van der Waals surface area contributed by atoms with Crippen molar-refractivity contribution in [1.29, 1.82) is 0 Å². The fourth-order valence-corrected chi connectivity index (χ4v) is 0.908. The van der Waals surface area contributed by atoms with E-state index in [0.29, 0.717) is 0 Å². The van der Waals surface area contributed by atoms with Crippen molar-refractivity contribution < 1.29 is 14.6 Å². The Balaban J connectivity index is 2.64. The first-order valence-electron chi connectivity index (χ1n) is 4.52. The zero-order valence-corrected chi connectivity index (χ0v) is 8.94. The van der Waals surface area contributed by atoms with Crippen LogP contribution >= 0.6 is 0 Å². The summed E-state index contributed by atoms with van der Waals surface area (Å²) in [5, 5.41) is 11.7. The van der Waals surface area contributed by atoms with E-state index in [4.69, 9.17) is 4.74 Å². The molecular weight excluding hydrogens is 196 g/mol. The molecular formula is C10H14N2O3. The monoisotopic (exact) mass is 210 g/mol. The Morgan fingerprint density at radius 1 is 1.53 bits per heavy atom. The van der Waals surface area contributed by atoms with Crippen molar-refractivity contribution in [2.45, 2.75) is 26.4 Å². The Bertz CT molecular complexity index is 358. The molecule has 0 saturated heterocycles. The lowest BCUT2D eigenvalue weighted by Gasteiger charge is -2.19. The van der Waals surface area contributed by atoms with Gasteiger partial charge in [-0.3, -0.25) is 5.32 Å². The predicted octanol–water partition coefficient (Wildman–Crippen LogP) is 2.13. The molecule has 0 spiro atoms. The van der Waals surface area contributed by atoms with Gasteiger partial charge in [0.2, 0.25) is 5.88 Å². The van der Waals surface area contributed by atoms with Crippen molar-refractivity contribution in [1.82, 2.24) is 4.98 Å². The molecule has 1 aromatic rings. The third-order valence-corrected chi connectivity index (χ3v) is 1.42. The highest BCUT2D eigenvalue weighted by Crippen LogP contribution is 2.19. The third-order valence-electron chi connectivity index (χ3n) is 1.42. The summed E-state index contributed by atoms with van der Waals surface area (Å²) in [6.07, 6.45) is 0.807. The number of carbonyl (C=O) groups excluding carboxylic acids is 1. The summed E-state index contributed by atoms with van der Waals surface area (Å²) in [5.41, 5.74) is -0.339. The number of nitrogens with zero attached hydrogens (tertiary/aromatic N) is 1. The number of aromatic hydroxyl groups is 1. The highest BCUT2D eigenvalue weighted by atomic mass is 16.6. The van der Waals surface area contributed by atoms with E-state index >= 15 is 0 Å². The van der Waals surface area contributed by atoms with Crippen LogP contribution in [0.1, 0.15) is 20.8 Å². The molecule has 5 nitrogen and oxygen atoms in total. The molecule has 1 rings (SSSR count). The second-order valence-corrected chi connectivity index (χ2v) is 4.00. The molecule has 0 bridgehead atoms. The minimum Gasteiger partial charge on any atom is -0.492 e. The molecule has 0 aliphatic rings. The third kappa shape index (κ3) is 3.84. The van der Waals surface area contributed by atoms with E-state index in [9.17, 15) is 9.90 Å². The van der Waals surface area contributed by atoms with Crippen LogP contribution in [-0.4, -0.2) is 21.8 Å². The summed E-state index contributed by atoms with van der Waals surface area (Å²) >= 11 is 0. The van der Waals surface area contributed by atoms with Crippen LogP contribution < -0.4 is 5.32 Å². The summed E-state index contributed by atoms with van der Waals surface area (Å²) in [5.74, 6) is -0.233. The number of nitrogens with one attached hydrogen (secondary N) is 1. The first kappa shape index (κ1) is 11.3. The summed E-state index contributed by atoms with van der Waals surface area (Å²) in [6.45, 7) is 5.28. The number of carbonyl (C=O) groups is 1. The van der Waals surface area contributed by atoms with Crippen molar-refractivity contribution in [3.05, 3.63) is 18.3 Å². The number of pyridine rings is 1. The molecule has 1 heterocycles. The van der Waals surface area contributed by atoms with Gasteiger partial charge in [-0.25, -0.2) is 9.78 Å². The van der Waals surface area contributed by atoms with E-state index in [-0.39, 0.29) is 11.6 Å². The van der Waals surface area contributed by atoms with Crippen molar-refractivity contribution in [2.24, 2.45) is 0 Å². The maximum absolute atomic E-state index is 11.3. The lowest BCUT2D eigenvalue weighted by atomic mass is 10.2. The lowest BCUT2D eigenvalue weighted by molar-refractivity contribution is 0.0635. The Morgan fingerprint density at radius 3 is 2.73 bits per heavy atom. The van der Waals surface area contributed by atoms with E-state index in [2.05, 4.69) is 10.3 Å². The predicted molar refractivity (Wildman–Crippen MR) is 55.8 cm³/mol. The Kier molecular flexibility index (Phi) is 3.14. The van der Waals surface area contributed by atoms with Crippen LogP contribution in [0.2, 0.25) is 0 Å². The van der Waals surface area contributed by atoms with Gasteiger partial charge in [0.15, 0.2) is 0 Å². The molecule has 5 heteroatoms. The standard InChI is InChI=1S/C10H14N2O3/c1-10(2,3)15-9(14)12-7-5-4-6-11-8(7)13/h4-6H,1-3H3,(H,11,13)(H,12,14). The zero-order valence-electron chi connectivity index (χ0n) is 8.94. The Morgan fingerprint density at radius 2 is 2.20 bits per heavy atom. The molecule has 0 atom stereocenters. The number of amides is 1. The summed E-state index contributed by atoms with van der Waals surface area (Å²) in [4.78, 5) is 14.9. The lowest BCUT2D eigenvalue weighted by Crippen LogP contribution is -2.27.